The number of H-pyrrole nitrogens is 1. The summed E-state index contributed by atoms with van der Waals surface area (Å²) in [4.78, 5) is 26.8. The van der Waals surface area contributed by atoms with Crippen molar-refractivity contribution in [2.24, 2.45) is 0 Å². The molecule has 3 aromatic rings. The summed E-state index contributed by atoms with van der Waals surface area (Å²) < 4.78 is 0. The van der Waals surface area contributed by atoms with E-state index in [4.69, 9.17) is 34.8 Å². The van der Waals surface area contributed by atoms with Gasteiger partial charge in [0.05, 0.1) is 22.8 Å². The summed E-state index contributed by atoms with van der Waals surface area (Å²) in [5, 5.41) is 11.4. The van der Waals surface area contributed by atoms with Crippen molar-refractivity contribution in [2.45, 2.75) is 13.0 Å². The Labute approximate surface area is 188 Å². The molecule has 0 radical (unpaired) electrons. The maximum atomic E-state index is 12.7. The molecule has 0 aliphatic carbocycles. The Hall–Kier alpha value is -2.54. The fourth-order valence-corrected chi connectivity index (χ4v) is 4.01. The van der Waals surface area contributed by atoms with E-state index in [2.05, 4.69) is 15.5 Å². The van der Waals surface area contributed by atoms with Gasteiger partial charge in [-0.2, -0.15) is 5.10 Å². The smallest absolute Gasteiger partial charge is 0.253 e. The van der Waals surface area contributed by atoms with E-state index in [9.17, 15) is 9.59 Å². The Balaban J connectivity index is 1.43. The SMILES string of the molecule is O=C(NCC(=O)N1CCc2[nH]nc(-c3ccc(Cl)cc3)c2C1)c1ccc(Cl)cc1Cl. The monoisotopic (exact) mass is 462 g/mol. The second-order valence-electron chi connectivity index (χ2n) is 6.91. The van der Waals surface area contributed by atoms with Gasteiger partial charge in [0.15, 0.2) is 0 Å². The predicted octanol–water partition coefficient (Wildman–Crippen LogP) is 4.35. The van der Waals surface area contributed by atoms with E-state index in [1.54, 1.807) is 23.1 Å². The van der Waals surface area contributed by atoms with Crippen molar-refractivity contribution >= 4 is 46.6 Å². The summed E-state index contributed by atoms with van der Waals surface area (Å²) in [7, 11) is 0. The number of hydrogen-bond acceptors (Lipinski definition) is 3. The first kappa shape index (κ1) is 20.7. The zero-order valence-corrected chi connectivity index (χ0v) is 18.0. The van der Waals surface area contributed by atoms with Gasteiger partial charge in [-0.05, 0) is 30.3 Å². The van der Waals surface area contributed by atoms with Crippen LogP contribution in [0, 0.1) is 0 Å². The molecule has 0 saturated heterocycles. The van der Waals surface area contributed by atoms with Crippen LogP contribution in [-0.4, -0.2) is 40.0 Å². The molecule has 2 N–H and O–H groups in total. The van der Waals surface area contributed by atoms with Gasteiger partial charge in [-0.25, -0.2) is 0 Å². The van der Waals surface area contributed by atoms with Crippen LogP contribution in [0.15, 0.2) is 42.5 Å². The standard InChI is InChI=1S/C21H17Cl3N4O2/c22-13-3-1-12(2-4-13)20-16-11-28(8-7-18(16)26-27-20)19(29)10-25-21(30)15-6-5-14(23)9-17(15)24/h1-6,9H,7-8,10-11H2,(H,25,30)(H,26,27). The molecular weight excluding hydrogens is 447 g/mol. The van der Waals surface area contributed by atoms with Gasteiger partial charge in [0, 0.05) is 46.4 Å². The number of benzene rings is 2. The Bertz CT molecular complexity index is 1110. The average Bonchev–Trinajstić information content (AvgIpc) is 3.15. The average molecular weight is 464 g/mol. The molecule has 0 saturated carbocycles. The second kappa shape index (κ2) is 8.68. The molecular formula is C21H17Cl3N4O2. The van der Waals surface area contributed by atoms with E-state index in [1.807, 2.05) is 12.1 Å². The van der Waals surface area contributed by atoms with Crippen LogP contribution in [-0.2, 0) is 17.8 Å². The molecule has 0 fully saturated rings. The van der Waals surface area contributed by atoms with Gasteiger partial charge in [0.2, 0.25) is 5.91 Å². The Morgan fingerprint density at radius 2 is 1.80 bits per heavy atom. The van der Waals surface area contributed by atoms with Crippen LogP contribution in [0.25, 0.3) is 11.3 Å². The van der Waals surface area contributed by atoms with Gasteiger partial charge in [0.25, 0.3) is 5.91 Å². The van der Waals surface area contributed by atoms with Crippen LogP contribution in [0.1, 0.15) is 21.6 Å². The summed E-state index contributed by atoms with van der Waals surface area (Å²) in [6.07, 6.45) is 0.665. The maximum Gasteiger partial charge on any atom is 0.253 e. The number of nitrogens with zero attached hydrogens (tertiary/aromatic N) is 2. The minimum Gasteiger partial charge on any atom is -0.343 e. The minimum atomic E-state index is -0.423. The quantitative estimate of drug-likeness (QED) is 0.604. The van der Waals surface area contributed by atoms with E-state index in [0.29, 0.717) is 29.6 Å². The van der Waals surface area contributed by atoms with E-state index >= 15 is 0 Å². The molecule has 30 heavy (non-hydrogen) atoms. The summed E-state index contributed by atoms with van der Waals surface area (Å²) >= 11 is 17.9. The van der Waals surface area contributed by atoms with Crippen LogP contribution in [0.4, 0.5) is 0 Å². The third-order valence-electron chi connectivity index (χ3n) is 4.98. The Morgan fingerprint density at radius 3 is 2.53 bits per heavy atom. The molecule has 0 bridgehead atoms. The minimum absolute atomic E-state index is 0.124. The molecule has 1 aliphatic rings. The summed E-state index contributed by atoms with van der Waals surface area (Å²) in [5.41, 5.74) is 3.99. The zero-order valence-electron chi connectivity index (χ0n) is 15.7. The van der Waals surface area contributed by atoms with Crippen LogP contribution >= 0.6 is 34.8 Å². The van der Waals surface area contributed by atoms with Crippen molar-refractivity contribution in [3.63, 3.8) is 0 Å². The van der Waals surface area contributed by atoms with Gasteiger partial charge >= 0.3 is 0 Å². The molecule has 1 aromatic heterocycles. The van der Waals surface area contributed by atoms with Gasteiger partial charge in [-0.1, -0.05) is 46.9 Å². The second-order valence-corrected chi connectivity index (χ2v) is 8.19. The van der Waals surface area contributed by atoms with E-state index in [1.165, 1.54) is 12.1 Å². The van der Waals surface area contributed by atoms with Crippen molar-refractivity contribution in [3.8, 4) is 11.3 Å². The molecule has 2 aromatic carbocycles. The molecule has 0 atom stereocenters. The number of halogens is 3. The fraction of sp³-hybridized carbons (Fsp3) is 0.190. The van der Waals surface area contributed by atoms with Crippen molar-refractivity contribution in [1.82, 2.24) is 20.4 Å². The molecule has 9 heteroatoms. The number of fused-ring (bicyclic) bond motifs is 1. The third-order valence-corrected chi connectivity index (χ3v) is 5.78. The lowest BCUT2D eigenvalue weighted by Gasteiger charge is -2.27. The highest BCUT2D eigenvalue weighted by Crippen LogP contribution is 2.29. The van der Waals surface area contributed by atoms with Crippen LogP contribution in [0.5, 0.6) is 0 Å². The third kappa shape index (κ3) is 4.31. The topological polar surface area (TPSA) is 78.1 Å². The number of carbonyl (C=O) groups excluding carboxylic acids is 2. The Kier molecular flexibility index (Phi) is 5.99. The maximum absolute atomic E-state index is 12.7. The molecule has 4 rings (SSSR count). The molecule has 2 amide bonds. The molecule has 0 spiro atoms. The highest BCUT2D eigenvalue weighted by molar-refractivity contribution is 6.36. The zero-order chi connectivity index (χ0) is 21.3. The number of aromatic nitrogens is 2. The highest BCUT2D eigenvalue weighted by atomic mass is 35.5. The van der Waals surface area contributed by atoms with Crippen molar-refractivity contribution in [3.05, 3.63) is 74.4 Å². The molecule has 2 heterocycles. The normalized spacial score (nSPS) is 13.1. The van der Waals surface area contributed by atoms with Gasteiger partial charge in [-0.15, -0.1) is 0 Å². The first-order valence-corrected chi connectivity index (χ1v) is 10.4. The van der Waals surface area contributed by atoms with Crippen LogP contribution in [0.3, 0.4) is 0 Å². The summed E-state index contributed by atoms with van der Waals surface area (Å²) in [6, 6.07) is 12.0. The molecule has 0 unspecified atom stereocenters. The Morgan fingerprint density at radius 1 is 1.07 bits per heavy atom. The van der Waals surface area contributed by atoms with Crippen molar-refractivity contribution < 1.29 is 9.59 Å². The van der Waals surface area contributed by atoms with Crippen molar-refractivity contribution in [2.75, 3.05) is 13.1 Å². The number of rotatable bonds is 4. The molecule has 1 aliphatic heterocycles. The summed E-state index contributed by atoms with van der Waals surface area (Å²) in [6.45, 7) is 0.840. The number of carbonyl (C=O) groups is 2. The summed E-state index contributed by atoms with van der Waals surface area (Å²) in [5.74, 6) is -0.602. The van der Waals surface area contributed by atoms with Gasteiger partial charge < -0.3 is 10.2 Å². The first-order chi connectivity index (χ1) is 14.4. The number of hydrogen-bond donors (Lipinski definition) is 2. The first-order valence-electron chi connectivity index (χ1n) is 9.25. The van der Waals surface area contributed by atoms with Gasteiger partial charge in [-0.3, -0.25) is 14.7 Å². The molecule has 154 valence electrons. The van der Waals surface area contributed by atoms with E-state index in [-0.39, 0.29) is 23.0 Å². The number of amides is 2. The highest BCUT2D eigenvalue weighted by Gasteiger charge is 2.26. The van der Waals surface area contributed by atoms with E-state index in [0.717, 1.165) is 22.5 Å². The van der Waals surface area contributed by atoms with Crippen LogP contribution in [0.2, 0.25) is 15.1 Å². The lowest BCUT2D eigenvalue weighted by atomic mass is 10.0. The number of nitrogens with one attached hydrogen (secondary N) is 2. The van der Waals surface area contributed by atoms with Crippen molar-refractivity contribution in [1.29, 1.82) is 0 Å². The fourth-order valence-electron chi connectivity index (χ4n) is 3.39. The van der Waals surface area contributed by atoms with Gasteiger partial charge in [0.1, 0.15) is 0 Å². The largest absolute Gasteiger partial charge is 0.343 e. The van der Waals surface area contributed by atoms with E-state index < -0.39 is 5.91 Å². The molecule has 6 nitrogen and oxygen atoms in total. The van der Waals surface area contributed by atoms with Crippen LogP contribution < -0.4 is 5.32 Å². The lowest BCUT2D eigenvalue weighted by Crippen LogP contribution is -2.42. The lowest BCUT2D eigenvalue weighted by molar-refractivity contribution is -0.131. The predicted molar refractivity (Wildman–Crippen MR) is 117 cm³/mol. The number of aromatic amines is 1.